The Morgan fingerprint density at radius 1 is 0.625 bits per heavy atom. The molecule has 0 spiro atoms. The second kappa shape index (κ2) is 6.34. The van der Waals surface area contributed by atoms with Crippen LogP contribution < -0.4 is 0 Å². The van der Waals surface area contributed by atoms with Crippen LogP contribution in [0.3, 0.4) is 0 Å². The molecule has 0 aliphatic heterocycles. The summed E-state index contributed by atoms with van der Waals surface area (Å²) in [5.74, 6) is 3.96. The molecule has 8 aliphatic rings. The first-order chi connectivity index (χ1) is 15.2. The van der Waals surface area contributed by atoms with E-state index in [4.69, 9.17) is 0 Å². The molecule has 0 unspecified atom stereocenters. The van der Waals surface area contributed by atoms with Crippen molar-refractivity contribution in [2.24, 2.45) is 46.3 Å². The molecule has 1 aromatic carbocycles. The highest BCUT2D eigenvalue weighted by Crippen LogP contribution is 2.75. The van der Waals surface area contributed by atoms with E-state index in [2.05, 4.69) is 0 Å². The Morgan fingerprint density at radius 3 is 1.31 bits per heavy atom. The lowest BCUT2D eigenvalue weighted by molar-refractivity contribution is -0.277. The molecular weight excluding hydrogens is 409 g/mol. The van der Waals surface area contributed by atoms with Crippen LogP contribution in [0.5, 0.6) is 0 Å². The van der Waals surface area contributed by atoms with Gasteiger partial charge in [-0.2, -0.15) is 13.2 Å². The zero-order chi connectivity index (χ0) is 21.9. The topological polar surface area (TPSA) is 20.2 Å². The van der Waals surface area contributed by atoms with Gasteiger partial charge in [0.1, 0.15) is 5.60 Å². The Morgan fingerprint density at radius 2 is 0.969 bits per heavy atom. The summed E-state index contributed by atoms with van der Waals surface area (Å²) in [5.41, 5.74) is -1.61. The van der Waals surface area contributed by atoms with Crippen LogP contribution >= 0.6 is 0 Å². The van der Waals surface area contributed by atoms with E-state index in [9.17, 15) is 18.3 Å². The molecule has 0 saturated heterocycles. The summed E-state index contributed by atoms with van der Waals surface area (Å²) in [4.78, 5) is 0. The molecule has 8 bridgehead atoms. The second-order valence-corrected chi connectivity index (χ2v) is 13.2. The van der Waals surface area contributed by atoms with Gasteiger partial charge in [0.2, 0.25) is 0 Å². The minimum atomic E-state index is -4.38. The quantitative estimate of drug-likeness (QED) is 0.518. The normalized spacial score (nSPS) is 48.2. The van der Waals surface area contributed by atoms with Crippen molar-refractivity contribution in [3.8, 4) is 0 Å². The molecule has 0 atom stereocenters. The summed E-state index contributed by atoms with van der Waals surface area (Å²) in [7, 11) is 0. The maximum atomic E-state index is 13.8. The van der Waals surface area contributed by atoms with Crippen molar-refractivity contribution in [1.82, 2.24) is 0 Å². The van der Waals surface area contributed by atoms with Gasteiger partial charge in [0.25, 0.3) is 0 Å². The third kappa shape index (κ3) is 2.62. The summed E-state index contributed by atoms with van der Waals surface area (Å²) in [6.07, 6.45) is 9.41. The predicted octanol–water partition coefficient (Wildman–Crippen LogP) is 7.33. The van der Waals surface area contributed by atoms with Crippen molar-refractivity contribution < 1.29 is 18.3 Å². The number of halogens is 3. The van der Waals surface area contributed by atoms with Crippen molar-refractivity contribution in [1.29, 1.82) is 0 Å². The van der Waals surface area contributed by atoms with Gasteiger partial charge >= 0.3 is 6.18 Å². The first-order valence-corrected chi connectivity index (χ1v) is 13.1. The van der Waals surface area contributed by atoms with Gasteiger partial charge in [0.05, 0.1) is 5.56 Å². The Kier molecular flexibility index (Phi) is 4.03. The smallest absolute Gasteiger partial charge is 0.384 e. The van der Waals surface area contributed by atoms with Gasteiger partial charge in [-0.3, -0.25) is 0 Å². The number of alkyl halides is 3. The fourth-order valence-corrected chi connectivity index (χ4v) is 11.2. The monoisotopic (exact) mass is 444 g/mol. The van der Waals surface area contributed by atoms with E-state index in [1.165, 1.54) is 50.7 Å². The van der Waals surface area contributed by atoms with Crippen molar-refractivity contribution in [3.05, 3.63) is 35.4 Å². The third-order valence-electron chi connectivity index (χ3n) is 11.2. The molecule has 32 heavy (non-hydrogen) atoms. The molecule has 0 heterocycles. The minimum absolute atomic E-state index is 0.238. The van der Waals surface area contributed by atoms with Crippen LogP contribution in [0.1, 0.15) is 88.2 Å². The number of hydrogen-bond donors (Lipinski definition) is 1. The lowest BCUT2D eigenvalue weighted by Crippen LogP contribution is -2.66. The fourth-order valence-electron chi connectivity index (χ4n) is 11.2. The van der Waals surface area contributed by atoms with Crippen molar-refractivity contribution in [3.63, 3.8) is 0 Å². The van der Waals surface area contributed by atoms with Crippen LogP contribution in [-0.4, -0.2) is 5.11 Å². The highest BCUT2D eigenvalue weighted by molar-refractivity contribution is 5.36. The molecule has 0 aromatic heterocycles. The van der Waals surface area contributed by atoms with E-state index in [1.54, 1.807) is 6.07 Å². The second-order valence-electron chi connectivity index (χ2n) is 13.2. The van der Waals surface area contributed by atoms with E-state index in [0.29, 0.717) is 41.1 Å². The molecule has 8 fully saturated rings. The minimum Gasteiger partial charge on any atom is -0.384 e. The highest BCUT2D eigenvalue weighted by Gasteiger charge is 2.70. The zero-order valence-electron chi connectivity index (χ0n) is 18.8. The van der Waals surface area contributed by atoms with Gasteiger partial charge in [0, 0.05) is 10.8 Å². The van der Waals surface area contributed by atoms with Crippen LogP contribution in [0, 0.1) is 46.3 Å². The first-order valence-electron chi connectivity index (χ1n) is 13.1. The first kappa shape index (κ1) is 20.4. The summed E-state index contributed by atoms with van der Waals surface area (Å²) < 4.78 is 41.4. The molecule has 8 saturated carbocycles. The van der Waals surface area contributed by atoms with Crippen LogP contribution in [0.15, 0.2) is 24.3 Å². The SMILES string of the molecule is OC(c1cccc(C(F)(F)F)c1)(C12CC3CC(CC(C3)C1)C2)C12CC3CC(CC(C3)C1)C2. The standard InChI is InChI=1S/C28H35F3O/c29-28(30,31)24-3-1-2-23(10-24)27(32,25-11-17-4-18(12-25)6-19(5-17)13-25)26-14-20-7-21(15-26)9-22(8-20)16-26/h1-3,10,17-22,32H,4-9,11-16H2. The largest absolute Gasteiger partial charge is 0.416 e. The van der Waals surface area contributed by atoms with Crippen molar-refractivity contribution in [2.75, 3.05) is 0 Å². The van der Waals surface area contributed by atoms with Crippen molar-refractivity contribution >= 4 is 0 Å². The predicted molar refractivity (Wildman–Crippen MR) is 117 cm³/mol. The van der Waals surface area contributed by atoms with E-state index >= 15 is 0 Å². The third-order valence-corrected chi connectivity index (χ3v) is 11.2. The van der Waals surface area contributed by atoms with E-state index < -0.39 is 17.3 Å². The van der Waals surface area contributed by atoms with Crippen LogP contribution in [-0.2, 0) is 11.8 Å². The van der Waals surface area contributed by atoms with E-state index in [1.807, 2.05) is 6.07 Å². The molecule has 1 N–H and O–H groups in total. The molecule has 174 valence electrons. The number of hydrogen-bond acceptors (Lipinski definition) is 1. The highest BCUT2D eigenvalue weighted by atomic mass is 19.4. The summed E-state index contributed by atoms with van der Waals surface area (Å²) >= 11 is 0. The molecule has 0 amide bonds. The summed E-state index contributed by atoms with van der Waals surface area (Å²) in [6.45, 7) is 0. The molecule has 9 rings (SSSR count). The van der Waals surface area contributed by atoms with Gasteiger partial charge < -0.3 is 5.11 Å². The Bertz CT molecular complexity index is 816. The van der Waals surface area contributed by atoms with Crippen LogP contribution in [0.4, 0.5) is 13.2 Å². The Hall–Kier alpha value is -1.03. The zero-order valence-corrected chi connectivity index (χ0v) is 18.8. The maximum absolute atomic E-state index is 13.8. The van der Waals surface area contributed by atoms with Gasteiger partial charge in [-0.15, -0.1) is 0 Å². The number of aliphatic hydroxyl groups is 1. The van der Waals surface area contributed by atoms with Gasteiger partial charge in [-0.1, -0.05) is 12.1 Å². The Balaban J connectivity index is 1.43. The summed E-state index contributed by atoms with van der Waals surface area (Å²) in [6, 6.07) is 5.94. The average molecular weight is 445 g/mol. The average Bonchev–Trinajstić information content (AvgIpc) is 2.70. The molecule has 1 nitrogen and oxygen atoms in total. The number of rotatable bonds is 3. The molecule has 1 aromatic rings. The lowest BCUT2D eigenvalue weighted by atomic mass is 9.35. The van der Waals surface area contributed by atoms with E-state index in [0.717, 1.165) is 38.5 Å². The van der Waals surface area contributed by atoms with E-state index in [-0.39, 0.29) is 10.8 Å². The van der Waals surface area contributed by atoms with Crippen LogP contribution in [0.25, 0.3) is 0 Å². The Labute approximate surface area is 189 Å². The number of benzene rings is 1. The van der Waals surface area contributed by atoms with Gasteiger partial charge in [-0.05, 0) is 130 Å². The fraction of sp³-hybridized carbons (Fsp3) is 0.786. The molecule has 0 radical (unpaired) electrons. The van der Waals surface area contributed by atoms with Gasteiger partial charge in [-0.25, -0.2) is 0 Å². The maximum Gasteiger partial charge on any atom is 0.416 e. The molecule has 4 heteroatoms. The lowest BCUT2D eigenvalue weighted by Gasteiger charge is -2.71. The van der Waals surface area contributed by atoms with Crippen LogP contribution in [0.2, 0.25) is 0 Å². The molecular formula is C28H35F3O. The molecule has 8 aliphatic carbocycles. The summed E-state index contributed by atoms with van der Waals surface area (Å²) in [5, 5.41) is 13.2. The van der Waals surface area contributed by atoms with Crippen molar-refractivity contribution in [2.45, 2.75) is 88.8 Å². The van der Waals surface area contributed by atoms with Gasteiger partial charge in [0.15, 0.2) is 0 Å².